The summed E-state index contributed by atoms with van der Waals surface area (Å²) < 4.78 is 23.4. The second-order valence-electron chi connectivity index (χ2n) is 7.57. The van der Waals surface area contributed by atoms with Crippen LogP contribution in [0.1, 0.15) is 29.6 Å². The third-order valence-electron chi connectivity index (χ3n) is 4.58. The maximum atomic E-state index is 12.9. The van der Waals surface area contributed by atoms with Gasteiger partial charge in [0.2, 0.25) is 0 Å². The maximum absolute atomic E-state index is 12.9. The van der Waals surface area contributed by atoms with E-state index in [4.69, 9.17) is 9.47 Å². The molecular formula is C24H25FN4O4. The molecule has 9 heteroatoms. The van der Waals surface area contributed by atoms with E-state index in [9.17, 15) is 14.0 Å². The first-order valence-corrected chi connectivity index (χ1v) is 10.2. The van der Waals surface area contributed by atoms with Gasteiger partial charge in [0.1, 0.15) is 18.2 Å². The minimum atomic E-state index is -0.609. The Kier molecular flexibility index (Phi) is 7.55. The molecule has 172 valence electrons. The molecule has 8 nitrogen and oxygen atoms in total. The highest BCUT2D eigenvalue weighted by Crippen LogP contribution is 2.28. The second-order valence-corrected chi connectivity index (χ2v) is 7.57. The Hall–Kier alpha value is -4.01. The Bertz CT molecular complexity index is 1130. The van der Waals surface area contributed by atoms with Crippen molar-refractivity contribution in [2.45, 2.75) is 26.9 Å². The number of benzene rings is 2. The summed E-state index contributed by atoms with van der Waals surface area (Å²) in [7, 11) is 3.63. The first-order chi connectivity index (χ1) is 15.7. The number of nitrogens with one attached hydrogen (secondary N) is 1. The lowest BCUT2D eigenvalue weighted by Crippen LogP contribution is -2.17. The van der Waals surface area contributed by atoms with Gasteiger partial charge in [0.25, 0.3) is 0 Å². The van der Waals surface area contributed by atoms with Gasteiger partial charge in [-0.05, 0) is 42.3 Å². The summed E-state index contributed by atoms with van der Waals surface area (Å²) in [6.45, 7) is 3.14. The van der Waals surface area contributed by atoms with Crippen LogP contribution in [-0.2, 0) is 22.6 Å². The van der Waals surface area contributed by atoms with Crippen LogP contribution in [0.5, 0.6) is 5.75 Å². The molecule has 0 atom stereocenters. The average Bonchev–Trinajstić information content (AvgIpc) is 2.76. The molecule has 0 unspecified atom stereocenters. The number of carbonyl (C=O) groups is 2. The van der Waals surface area contributed by atoms with Crippen molar-refractivity contribution >= 4 is 23.6 Å². The van der Waals surface area contributed by atoms with Crippen LogP contribution < -0.4 is 15.0 Å². The summed E-state index contributed by atoms with van der Waals surface area (Å²) in [6.07, 6.45) is -0.153. The molecule has 2 aromatic carbocycles. The fourth-order valence-corrected chi connectivity index (χ4v) is 3.02. The number of aryl methyl sites for hydroxylation is 1. The molecule has 3 aromatic rings. The highest BCUT2D eigenvalue weighted by Gasteiger charge is 2.17. The molecule has 33 heavy (non-hydrogen) atoms. The summed E-state index contributed by atoms with van der Waals surface area (Å²) in [5, 5.41) is 2.65. The average molecular weight is 452 g/mol. The van der Waals surface area contributed by atoms with Gasteiger partial charge in [-0.25, -0.2) is 19.2 Å². The zero-order valence-electron chi connectivity index (χ0n) is 18.9. The molecule has 0 aliphatic rings. The summed E-state index contributed by atoms with van der Waals surface area (Å²) in [4.78, 5) is 34.2. The van der Waals surface area contributed by atoms with E-state index < -0.39 is 12.1 Å². The van der Waals surface area contributed by atoms with Crippen LogP contribution in [0.25, 0.3) is 0 Å². The third kappa shape index (κ3) is 6.73. The van der Waals surface area contributed by atoms with E-state index in [1.165, 1.54) is 19.1 Å². The number of hydrogen-bond acceptors (Lipinski definition) is 7. The maximum Gasteiger partial charge on any atom is 0.411 e. The van der Waals surface area contributed by atoms with E-state index in [2.05, 4.69) is 15.3 Å². The number of aromatic nitrogens is 2. The predicted octanol–water partition coefficient (Wildman–Crippen LogP) is 4.25. The molecule has 0 bridgehead atoms. The van der Waals surface area contributed by atoms with Crippen molar-refractivity contribution in [3.05, 3.63) is 77.0 Å². The monoisotopic (exact) mass is 452 g/mol. The number of hydrogen-bond donors (Lipinski definition) is 1. The highest BCUT2D eigenvalue weighted by atomic mass is 19.1. The van der Waals surface area contributed by atoms with Crippen molar-refractivity contribution in [2.75, 3.05) is 24.3 Å². The van der Waals surface area contributed by atoms with Gasteiger partial charge in [-0.2, -0.15) is 0 Å². The largest absolute Gasteiger partial charge is 0.444 e. The van der Waals surface area contributed by atoms with Crippen molar-refractivity contribution in [1.29, 1.82) is 0 Å². The molecule has 0 radical (unpaired) electrons. The number of amides is 1. The normalized spacial score (nSPS) is 10.5. The molecule has 1 amide bonds. The van der Waals surface area contributed by atoms with E-state index in [1.807, 2.05) is 26.2 Å². The van der Waals surface area contributed by atoms with E-state index in [0.29, 0.717) is 40.8 Å². The smallest absolute Gasteiger partial charge is 0.411 e. The van der Waals surface area contributed by atoms with Gasteiger partial charge in [0.15, 0.2) is 11.6 Å². The number of nitrogens with zero attached hydrogens (tertiary/aromatic N) is 3. The van der Waals surface area contributed by atoms with Gasteiger partial charge < -0.3 is 14.4 Å². The Morgan fingerprint density at radius 1 is 1.00 bits per heavy atom. The Morgan fingerprint density at radius 2 is 1.64 bits per heavy atom. The predicted molar refractivity (Wildman–Crippen MR) is 122 cm³/mol. The van der Waals surface area contributed by atoms with Crippen LogP contribution in [-0.4, -0.2) is 36.1 Å². The zero-order chi connectivity index (χ0) is 24.0. The van der Waals surface area contributed by atoms with Crippen LogP contribution in [0.15, 0.2) is 48.5 Å². The van der Waals surface area contributed by atoms with E-state index in [1.54, 1.807) is 36.1 Å². The molecule has 0 spiro atoms. The van der Waals surface area contributed by atoms with E-state index in [0.717, 1.165) is 5.56 Å². The standard InChI is InChI=1S/C24H25FN4O4/c1-15-22(33-16(2)30)23(29(3)4)28-21(26-15)13-17-7-11-20(12-8-17)27-24(31)32-14-18-5-9-19(25)10-6-18/h5-12H,13-14H2,1-4H3,(H,27,31). The Labute approximate surface area is 191 Å². The third-order valence-corrected chi connectivity index (χ3v) is 4.58. The highest BCUT2D eigenvalue weighted by molar-refractivity contribution is 5.84. The van der Waals surface area contributed by atoms with Crippen LogP contribution in [0, 0.1) is 12.7 Å². The number of rotatable bonds is 7. The van der Waals surface area contributed by atoms with Crippen LogP contribution in [0.4, 0.5) is 20.7 Å². The van der Waals surface area contributed by atoms with Gasteiger partial charge in [0.05, 0.1) is 5.69 Å². The van der Waals surface area contributed by atoms with Crippen LogP contribution >= 0.6 is 0 Å². The SMILES string of the molecule is CC(=O)Oc1c(C)nc(Cc2ccc(NC(=O)OCc3ccc(F)cc3)cc2)nc1N(C)C. The molecule has 1 heterocycles. The quantitative estimate of drug-likeness (QED) is 0.536. The van der Waals surface area contributed by atoms with Gasteiger partial charge >= 0.3 is 12.1 Å². The summed E-state index contributed by atoms with van der Waals surface area (Å²) >= 11 is 0. The fourth-order valence-electron chi connectivity index (χ4n) is 3.02. The van der Waals surface area contributed by atoms with Crippen molar-refractivity contribution in [2.24, 2.45) is 0 Å². The molecule has 1 N–H and O–H groups in total. The lowest BCUT2D eigenvalue weighted by molar-refractivity contribution is -0.131. The lowest BCUT2D eigenvalue weighted by atomic mass is 10.1. The second kappa shape index (κ2) is 10.5. The van der Waals surface area contributed by atoms with Crippen molar-refractivity contribution in [1.82, 2.24) is 9.97 Å². The van der Waals surface area contributed by atoms with Crippen molar-refractivity contribution in [3.63, 3.8) is 0 Å². The number of ether oxygens (including phenoxy) is 2. The molecule has 0 fully saturated rings. The number of carbonyl (C=O) groups excluding carboxylic acids is 2. The zero-order valence-corrected chi connectivity index (χ0v) is 18.9. The minimum Gasteiger partial charge on any atom is -0.444 e. The Balaban J connectivity index is 1.62. The van der Waals surface area contributed by atoms with Crippen molar-refractivity contribution in [3.8, 4) is 5.75 Å². The lowest BCUT2D eigenvalue weighted by Gasteiger charge is -2.18. The first-order valence-electron chi connectivity index (χ1n) is 10.2. The molecule has 1 aromatic heterocycles. The number of halogens is 1. The van der Waals surface area contributed by atoms with E-state index >= 15 is 0 Å². The van der Waals surface area contributed by atoms with Crippen LogP contribution in [0.2, 0.25) is 0 Å². The molecule has 0 aliphatic carbocycles. The minimum absolute atomic E-state index is 0.0401. The molecule has 0 aliphatic heterocycles. The molecule has 3 rings (SSSR count). The Morgan fingerprint density at radius 3 is 2.24 bits per heavy atom. The number of esters is 1. The van der Waals surface area contributed by atoms with Gasteiger partial charge in [-0.15, -0.1) is 0 Å². The summed E-state index contributed by atoms with van der Waals surface area (Å²) in [6, 6.07) is 12.9. The molecule has 0 saturated carbocycles. The topological polar surface area (TPSA) is 93.6 Å². The first kappa shape index (κ1) is 23.6. The molecule has 0 saturated heterocycles. The van der Waals surface area contributed by atoms with Gasteiger partial charge in [-0.1, -0.05) is 24.3 Å². The number of anilines is 2. The van der Waals surface area contributed by atoms with Crippen LogP contribution in [0.3, 0.4) is 0 Å². The molecular weight excluding hydrogens is 427 g/mol. The van der Waals surface area contributed by atoms with Crippen molar-refractivity contribution < 1.29 is 23.5 Å². The van der Waals surface area contributed by atoms with Gasteiger partial charge in [-0.3, -0.25) is 10.1 Å². The van der Waals surface area contributed by atoms with Gasteiger partial charge in [0, 0.05) is 33.1 Å². The summed E-state index contributed by atoms with van der Waals surface area (Å²) in [5.41, 5.74) is 2.76. The van der Waals surface area contributed by atoms with E-state index in [-0.39, 0.29) is 12.4 Å². The summed E-state index contributed by atoms with van der Waals surface area (Å²) in [5.74, 6) is 0.662. The fraction of sp³-hybridized carbons (Fsp3) is 0.250.